The number of hydrogen-bond acceptors (Lipinski definition) is 11. The van der Waals surface area contributed by atoms with Crippen LogP contribution in [-0.2, 0) is 26.0 Å². The Morgan fingerprint density at radius 3 is 1.79 bits per heavy atom. The van der Waals surface area contributed by atoms with Crippen molar-refractivity contribution in [2.75, 3.05) is 24.6 Å². The largest absolute Gasteiger partial charge is 0.464 e. The molecule has 43 heavy (non-hydrogen) atoms. The number of rotatable bonds is 11. The molecule has 0 radical (unpaired) electrons. The Balaban J connectivity index is 1.54. The van der Waals surface area contributed by atoms with Crippen molar-refractivity contribution < 1.29 is 30.9 Å². The zero-order valence-corrected chi connectivity index (χ0v) is 30.6. The van der Waals surface area contributed by atoms with Crippen LogP contribution in [0.15, 0.2) is 58.8 Å². The van der Waals surface area contributed by atoms with Crippen molar-refractivity contribution in [3.8, 4) is 0 Å². The first-order valence-electron chi connectivity index (χ1n) is 14.4. The number of benzene rings is 2. The zero-order valence-electron chi connectivity index (χ0n) is 26.6. The van der Waals surface area contributed by atoms with Crippen LogP contribution in [0.2, 0.25) is 51.9 Å². The molecule has 0 aromatic heterocycles. The fourth-order valence-electron chi connectivity index (χ4n) is 5.38. The van der Waals surface area contributed by atoms with Crippen LogP contribution in [0.1, 0.15) is 13.8 Å². The first-order chi connectivity index (χ1) is 19.9. The van der Waals surface area contributed by atoms with Crippen LogP contribution in [0.25, 0.3) is 0 Å². The zero-order chi connectivity index (χ0) is 32.1. The molecule has 0 spiro atoms. The fraction of sp³-hybridized carbons (Fsp3) is 0.519. The highest BCUT2D eigenvalue weighted by Crippen LogP contribution is 2.34. The van der Waals surface area contributed by atoms with Crippen molar-refractivity contribution in [1.29, 1.82) is 0 Å². The quantitative estimate of drug-likeness (QED) is 0.0799. The lowest BCUT2D eigenvalue weighted by atomic mass is 10.2. The molecule has 2 aromatic rings. The Morgan fingerprint density at radius 2 is 1.33 bits per heavy atom. The molecule has 3 rings (SSSR count). The van der Waals surface area contributed by atoms with Gasteiger partial charge in [0.25, 0.3) is 5.69 Å². The smallest absolute Gasteiger partial charge is 0.318 e. The van der Waals surface area contributed by atoms with Gasteiger partial charge in [-0.05, 0) is 89.2 Å². The molecule has 236 valence electrons. The first kappa shape index (κ1) is 34.9. The normalized spacial score (nSPS) is 19.7. The highest BCUT2D eigenvalue weighted by atomic mass is 28.5. The second-order valence-corrected chi connectivity index (χ2v) is 26.4. The van der Waals surface area contributed by atoms with Crippen LogP contribution in [0.5, 0.6) is 0 Å². The number of anilines is 1. The molecule has 1 aliphatic rings. The van der Waals surface area contributed by atoms with Crippen molar-refractivity contribution >= 4 is 63.0 Å². The number of ether oxygens (including phenoxy) is 1. The molecule has 1 fully saturated rings. The maximum atomic E-state index is 13.0. The van der Waals surface area contributed by atoms with Crippen LogP contribution in [0.4, 0.5) is 22.7 Å². The Labute approximate surface area is 258 Å². The number of likely N-dealkylation sites (N-methyl/N-ethyl adjacent to an activating group) is 1. The van der Waals surface area contributed by atoms with E-state index in [1.165, 1.54) is 12.1 Å². The Kier molecular flexibility index (Phi) is 11.4. The molecule has 1 saturated heterocycles. The third kappa shape index (κ3) is 10.8. The minimum absolute atomic E-state index is 0.00369. The van der Waals surface area contributed by atoms with Crippen molar-refractivity contribution in [1.82, 2.24) is 0 Å². The van der Waals surface area contributed by atoms with Gasteiger partial charge in [0, 0.05) is 30.4 Å². The minimum atomic E-state index is -2.80. The molecular weight excluding hydrogens is 621 g/mol. The van der Waals surface area contributed by atoms with E-state index in [1.54, 1.807) is 12.1 Å². The average molecular weight is 665 g/mol. The standard InChI is InChI=1S/C27H44N4O8Si4/c1-10-30(25-15-11-23(12-16-25)28-29-24-13-17-26(18-14-24)31(33)34)19-20-35-27(32)22(2)21-43(9)38-41(5,6)36-40(3,4)37-42(7,8)39-43/h11-18,22H,10,19-21H2,1-9H3/t22-/m1/s1. The highest BCUT2D eigenvalue weighted by molar-refractivity contribution is 6.93. The molecule has 12 nitrogen and oxygen atoms in total. The van der Waals surface area contributed by atoms with E-state index in [4.69, 9.17) is 21.2 Å². The number of esters is 1. The van der Waals surface area contributed by atoms with E-state index < -0.39 is 45.1 Å². The monoisotopic (exact) mass is 664 g/mol. The number of nitrogens with zero attached hydrogens (tertiary/aromatic N) is 4. The van der Waals surface area contributed by atoms with Gasteiger partial charge in [-0.15, -0.1) is 0 Å². The van der Waals surface area contributed by atoms with E-state index in [2.05, 4.69) is 15.1 Å². The van der Waals surface area contributed by atoms with Crippen LogP contribution < -0.4 is 4.90 Å². The lowest BCUT2D eigenvalue weighted by molar-refractivity contribution is -0.384. The van der Waals surface area contributed by atoms with E-state index in [9.17, 15) is 14.9 Å². The third-order valence-corrected chi connectivity index (χ3v) is 23.1. The van der Waals surface area contributed by atoms with E-state index in [1.807, 2.05) is 83.9 Å². The second-order valence-electron chi connectivity index (χ2n) is 12.1. The molecule has 0 N–H and O–H groups in total. The summed E-state index contributed by atoms with van der Waals surface area (Å²) in [7, 11) is -10.2. The molecule has 0 unspecified atom stereocenters. The summed E-state index contributed by atoms with van der Waals surface area (Å²) in [5.41, 5.74) is 2.13. The molecular formula is C27H44N4O8Si4. The van der Waals surface area contributed by atoms with Gasteiger partial charge < -0.3 is 26.1 Å². The lowest BCUT2D eigenvalue weighted by Crippen LogP contribution is -2.65. The summed E-state index contributed by atoms with van der Waals surface area (Å²) in [6.45, 7) is 19.5. The summed E-state index contributed by atoms with van der Waals surface area (Å²) in [5, 5.41) is 19.2. The summed E-state index contributed by atoms with van der Waals surface area (Å²) in [6.07, 6.45) is 0. The topological polar surface area (TPSA) is 134 Å². The molecule has 0 amide bonds. The average Bonchev–Trinajstić information content (AvgIpc) is 2.87. The number of azo groups is 1. The van der Waals surface area contributed by atoms with Gasteiger partial charge in [-0.2, -0.15) is 10.2 Å². The summed E-state index contributed by atoms with van der Waals surface area (Å²) in [5.74, 6) is -0.678. The number of carbonyl (C=O) groups is 1. The SMILES string of the molecule is CCN(CCOC(=O)[C@H](C)C[Si]1(C)O[Si](C)(C)O[Si](C)(C)O[Si](C)(C)O1)c1ccc(N=Nc2ccc([N+](=O)[O-])cc2)cc1. The molecule has 0 saturated carbocycles. The Morgan fingerprint density at radius 1 is 0.860 bits per heavy atom. The Bertz CT molecular complexity index is 1270. The number of nitro groups is 1. The van der Waals surface area contributed by atoms with Crippen molar-refractivity contribution in [2.24, 2.45) is 16.1 Å². The summed E-state index contributed by atoms with van der Waals surface area (Å²) < 4.78 is 31.7. The summed E-state index contributed by atoms with van der Waals surface area (Å²) in [4.78, 5) is 25.5. The van der Waals surface area contributed by atoms with Gasteiger partial charge in [0.2, 0.25) is 0 Å². The first-order valence-corrected chi connectivity index (χ1v) is 25.4. The Hall–Kier alpha value is -2.58. The minimum Gasteiger partial charge on any atom is -0.464 e. The molecule has 1 heterocycles. The fourth-order valence-corrected chi connectivity index (χ4v) is 27.3. The van der Waals surface area contributed by atoms with Gasteiger partial charge in [-0.1, -0.05) is 6.92 Å². The number of carbonyl (C=O) groups excluding carboxylic acids is 1. The van der Waals surface area contributed by atoms with Crippen LogP contribution >= 0.6 is 0 Å². The lowest BCUT2D eigenvalue weighted by Gasteiger charge is -2.47. The van der Waals surface area contributed by atoms with Gasteiger partial charge in [0.15, 0.2) is 0 Å². The number of non-ortho nitro benzene ring substituents is 1. The molecule has 2 aromatic carbocycles. The molecule has 1 atom stereocenters. The molecule has 0 aliphatic carbocycles. The van der Waals surface area contributed by atoms with E-state index in [0.717, 1.165) is 12.2 Å². The molecule has 0 bridgehead atoms. The van der Waals surface area contributed by atoms with Crippen LogP contribution in [0.3, 0.4) is 0 Å². The van der Waals surface area contributed by atoms with Crippen molar-refractivity contribution in [2.45, 2.75) is 65.7 Å². The maximum Gasteiger partial charge on any atom is 0.318 e. The van der Waals surface area contributed by atoms with Gasteiger partial charge in [0.05, 0.1) is 28.8 Å². The number of nitro benzene ring substituents is 1. The van der Waals surface area contributed by atoms with Crippen LogP contribution in [0, 0.1) is 16.0 Å². The molecule has 1 aliphatic heterocycles. The van der Waals surface area contributed by atoms with E-state index >= 15 is 0 Å². The van der Waals surface area contributed by atoms with Crippen LogP contribution in [-0.4, -0.2) is 64.8 Å². The van der Waals surface area contributed by atoms with Crippen molar-refractivity contribution in [3.05, 3.63) is 58.6 Å². The summed E-state index contributed by atoms with van der Waals surface area (Å²) in [6, 6.07) is 13.9. The van der Waals surface area contributed by atoms with E-state index in [-0.39, 0.29) is 18.3 Å². The summed E-state index contributed by atoms with van der Waals surface area (Å²) >= 11 is 0. The van der Waals surface area contributed by atoms with Gasteiger partial charge in [-0.25, -0.2) is 0 Å². The highest BCUT2D eigenvalue weighted by Gasteiger charge is 2.53. The van der Waals surface area contributed by atoms with E-state index in [0.29, 0.717) is 24.0 Å². The van der Waals surface area contributed by atoms with Gasteiger partial charge >= 0.3 is 40.2 Å². The third-order valence-electron chi connectivity index (χ3n) is 6.53. The second kappa shape index (κ2) is 14.0. The predicted molar refractivity (Wildman–Crippen MR) is 175 cm³/mol. The number of hydrogen-bond donors (Lipinski definition) is 0. The molecule has 16 heteroatoms. The van der Waals surface area contributed by atoms with Gasteiger partial charge in [0.1, 0.15) is 6.61 Å². The van der Waals surface area contributed by atoms with Crippen molar-refractivity contribution in [3.63, 3.8) is 0 Å². The van der Waals surface area contributed by atoms with Gasteiger partial charge in [-0.3, -0.25) is 14.9 Å². The maximum absolute atomic E-state index is 13.0. The predicted octanol–water partition coefficient (Wildman–Crippen LogP) is 7.27.